The minimum atomic E-state index is 0.0171. The fraction of sp³-hybridized carbons (Fsp3) is 0.467. The zero-order valence-corrected chi connectivity index (χ0v) is 11.9. The van der Waals surface area contributed by atoms with Gasteiger partial charge in [0.05, 0.1) is 23.3 Å². The number of nitrogens with two attached hydrogens (primary N) is 1. The van der Waals surface area contributed by atoms with Crippen LogP contribution in [0.15, 0.2) is 24.4 Å². The van der Waals surface area contributed by atoms with Crippen molar-refractivity contribution in [3.8, 4) is 5.69 Å². The van der Waals surface area contributed by atoms with E-state index in [1.54, 1.807) is 0 Å². The molecule has 1 atom stereocenters. The molecule has 4 nitrogen and oxygen atoms in total. The van der Waals surface area contributed by atoms with Crippen LogP contribution in [0.2, 0.25) is 0 Å². The third kappa shape index (κ3) is 2.84. The van der Waals surface area contributed by atoms with E-state index in [4.69, 9.17) is 5.73 Å². The van der Waals surface area contributed by atoms with E-state index in [9.17, 15) is 0 Å². The quantitative estimate of drug-likeness (QED) is 0.897. The molecule has 19 heavy (non-hydrogen) atoms. The van der Waals surface area contributed by atoms with Crippen LogP contribution < -0.4 is 5.73 Å². The first kappa shape index (κ1) is 13.7. The van der Waals surface area contributed by atoms with Crippen LogP contribution in [0.3, 0.4) is 0 Å². The maximum Gasteiger partial charge on any atom is 0.0832 e. The first-order chi connectivity index (χ1) is 9.19. The van der Waals surface area contributed by atoms with Gasteiger partial charge in [0.25, 0.3) is 0 Å². The Bertz CT molecular complexity index is 528. The average Bonchev–Trinajstić information content (AvgIpc) is 2.90. The number of hydrogen-bond donors (Lipinski definition) is 1. The Kier molecular flexibility index (Phi) is 4.32. The Morgan fingerprint density at radius 2 is 2.00 bits per heavy atom. The lowest BCUT2D eigenvalue weighted by Crippen LogP contribution is -2.11. The van der Waals surface area contributed by atoms with Crippen LogP contribution in [-0.2, 0) is 12.8 Å². The van der Waals surface area contributed by atoms with Gasteiger partial charge in [-0.1, -0.05) is 20.8 Å². The van der Waals surface area contributed by atoms with Crippen LogP contribution in [0.1, 0.15) is 50.3 Å². The average molecular weight is 258 g/mol. The van der Waals surface area contributed by atoms with E-state index in [0.717, 1.165) is 36.3 Å². The number of rotatable bonds is 5. The number of pyridine rings is 1. The molecule has 0 aliphatic heterocycles. The molecular weight excluding hydrogens is 236 g/mol. The Morgan fingerprint density at radius 3 is 2.53 bits per heavy atom. The van der Waals surface area contributed by atoms with Crippen molar-refractivity contribution in [2.75, 3.05) is 0 Å². The summed E-state index contributed by atoms with van der Waals surface area (Å²) in [5.41, 5.74) is 10.3. The minimum Gasteiger partial charge on any atom is -0.323 e. The Morgan fingerprint density at radius 1 is 1.21 bits per heavy atom. The third-order valence-electron chi connectivity index (χ3n) is 3.39. The van der Waals surface area contributed by atoms with Crippen molar-refractivity contribution in [3.05, 3.63) is 41.5 Å². The summed E-state index contributed by atoms with van der Waals surface area (Å²) in [6.45, 7) is 6.33. The van der Waals surface area contributed by atoms with E-state index in [1.807, 2.05) is 23.0 Å². The van der Waals surface area contributed by atoms with Gasteiger partial charge in [-0.2, -0.15) is 5.10 Å². The highest BCUT2D eigenvalue weighted by molar-refractivity contribution is 5.32. The third-order valence-corrected chi connectivity index (χ3v) is 3.39. The van der Waals surface area contributed by atoms with Crippen molar-refractivity contribution in [2.45, 2.75) is 46.1 Å². The van der Waals surface area contributed by atoms with E-state index >= 15 is 0 Å². The number of aromatic nitrogens is 3. The van der Waals surface area contributed by atoms with Crippen LogP contribution >= 0.6 is 0 Å². The van der Waals surface area contributed by atoms with Crippen molar-refractivity contribution in [1.82, 2.24) is 14.8 Å². The molecule has 0 aliphatic carbocycles. The number of aryl methyl sites for hydroxylation is 2. The Balaban J connectivity index is 2.34. The molecule has 0 saturated carbocycles. The van der Waals surface area contributed by atoms with Crippen molar-refractivity contribution in [3.63, 3.8) is 0 Å². The second-order valence-corrected chi connectivity index (χ2v) is 4.70. The molecule has 0 amide bonds. The Labute approximate surface area is 114 Å². The largest absolute Gasteiger partial charge is 0.323 e. The van der Waals surface area contributed by atoms with Crippen LogP contribution in [0, 0.1) is 0 Å². The number of hydrogen-bond acceptors (Lipinski definition) is 3. The topological polar surface area (TPSA) is 56.7 Å². The molecule has 0 aliphatic rings. The van der Waals surface area contributed by atoms with Crippen LogP contribution in [0.4, 0.5) is 0 Å². The van der Waals surface area contributed by atoms with Crippen molar-refractivity contribution < 1.29 is 0 Å². The summed E-state index contributed by atoms with van der Waals surface area (Å²) < 4.78 is 1.98. The molecule has 2 rings (SSSR count). The molecule has 1 unspecified atom stereocenters. The molecular formula is C15H22N4. The van der Waals surface area contributed by atoms with Gasteiger partial charge in [-0.15, -0.1) is 0 Å². The molecule has 2 aromatic rings. The van der Waals surface area contributed by atoms with Crippen LogP contribution in [0.5, 0.6) is 0 Å². The van der Waals surface area contributed by atoms with Gasteiger partial charge in [-0.25, -0.2) is 4.68 Å². The van der Waals surface area contributed by atoms with E-state index in [2.05, 4.69) is 36.9 Å². The molecule has 0 radical (unpaired) electrons. The van der Waals surface area contributed by atoms with E-state index in [-0.39, 0.29) is 6.04 Å². The van der Waals surface area contributed by atoms with Gasteiger partial charge in [-0.3, -0.25) is 4.98 Å². The lowest BCUT2D eigenvalue weighted by molar-refractivity contribution is 0.673. The molecule has 0 bridgehead atoms. The van der Waals surface area contributed by atoms with Crippen molar-refractivity contribution >= 4 is 0 Å². The molecule has 0 fully saturated rings. The monoisotopic (exact) mass is 258 g/mol. The van der Waals surface area contributed by atoms with E-state index < -0.39 is 0 Å². The highest BCUT2D eigenvalue weighted by Gasteiger charge is 2.09. The summed E-state index contributed by atoms with van der Waals surface area (Å²) in [7, 11) is 0. The summed E-state index contributed by atoms with van der Waals surface area (Å²) >= 11 is 0. The molecule has 0 aromatic carbocycles. The van der Waals surface area contributed by atoms with Crippen molar-refractivity contribution in [2.24, 2.45) is 5.73 Å². The van der Waals surface area contributed by atoms with E-state index in [0.29, 0.717) is 0 Å². The van der Waals surface area contributed by atoms with Gasteiger partial charge in [0.1, 0.15) is 0 Å². The lowest BCUT2D eigenvalue weighted by atomic mass is 10.1. The normalized spacial score (nSPS) is 12.6. The molecule has 2 heterocycles. The highest BCUT2D eigenvalue weighted by Crippen LogP contribution is 2.16. The fourth-order valence-corrected chi connectivity index (χ4v) is 2.07. The summed E-state index contributed by atoms with van der Waals surface area (Å²) in [5, 5.41) is 4.61. The molecule has 0 spiro atoms. The number of nitrogens with zero attached hydrogens (tertiary/aromatic N) is 3. The smallest absolute Gasteiger partial charge is 0.0832 e. The molecule has 4 heteroatoms. The first-order valence-electron chi connectivity index (χ1n) is 6.99. The molecule has 2 aromatic heterocycles. The van der Waals surface area contributed by atoms with Gasteiger partial charge in [-0.05, 0) is 37.5 Å². The summed E-state index contributed by atoms with van der Waals surface area (Å²) in [6, 6.07) is 6.22. The first-order valence-corrected chi connectivity index (χ1v) is 6.99. The minimum absolute atomic E-state index is 0.0171. The zero-order chi connectivity index (χ0) is 13.8. The van der Waals surface area contributed by atoms with E-state index in [1.165, 1.54) is 5.69 Å². The second-order valence-electron chi connectivity index (χ2n) is 4.70. The van der Waals surface area contributed by atoms with Gasteiger partial charge in [0.15, 0.2) is 0 Å². The lowest BCUT2D eigenvalue weighted by Gasteiger charge is -2.10. The van der Waals surface area contributed by atoms with Gasteiger partial charge < -0.3 is 5.73 Å². The maximum atomic E-state index is 5.98. The summed E-state index contributed by atoms with van der Waals surface area (Å²) in [4.78, 5) is 4.45. The van der Waals surface area contributed by atoms with Gasteiger partial charge in [0.2, 0.25) is 0 Å². The molecule has 0 saturated heterocycles. The molecule has 102 valence electrons. The van der Waals surface area contributed by atoms with Crippen LogP contribution in [-0.4, -0.2) is 14.8 Å². The predicted octanol–water partition coefficient (Wildman–Crippen LogP) is 2.80. The fourth-order valence-electron chi connectivity index (χ4n) is 2.07. The maximum absolute atomic E-state index is 5.98. The summed E-state index contributed by atoms with van der Waals surface area (Å²) in [6.07, 6.45) is 4.67. The van der Waals surface area contributed by atoms with Crippen molar-refractivity contribution in [1.29, 1.82) is 0 Å². The Hall–Kier alpha value is -1.68. The van der Waals surface area contributed by atoms with Gasteiger partial charge in [0, 0.05) is 11.7 Å². The van der Waals surface area contributed by atoms with Gasteiger partial charge >= 0.3 is 0 Å². The SMILES string of the molecule is CCc1cc(CC)n(-c2ccc(C(N)CC)nc2)n1. The predicted molar refractivity (Wildman–Crippen MR) is 77.3 cm³/mol. The summed E-state index contributed by atoms with van der Waals surface area (Å²) in [5.74, 6) is 0. The van der Waals surface area contributed by atoms with Crippen LogP contribution in [0.25, 0.3) is 5.69 Å². The standard InChI is InChI=1S/C15H22N4/c1-4-11-9-12(5-2)19(18-11)13-7-8-15(17-10-13)14(16)6-3/h7-10,14H,4-6,16H2,1-3H3. The highest BCUT2D eigenvalue weighted by atomic mass is 15.3. The second kappa shape index (κ2) is 5.97. The molecule has 2 N–H and O–H groups in total. The zero-order valence-electron chi connectivity index (χ0n) is 11.9.